The van der Waals surface area contributed by atoms with Crippen LogP contribution in [0.15, 0.2) is 42.5 Å². The second-order valence-electron chi connectivity index (χ2n) is 8.58. The Bertz CT molecular complexity index is 857. The molecule has 31 heavy (non-hydrogen) atoms. The highest BCUT2D eigenvalue weighted by molar-refractivity contribution is 7.99. The Morgan fingerprint density at radius 1 is 0.935 bits per heavy atom. The van der Waals surface area contributed by atoms with E-state index in [1.807, 2.05) is 52.0 Å². The molecule has 1 unspecified atom stereocenters. The van der Waals surface area contributed by atoms with Gasteiger partial charge in [-0.2, -0.15) is 0 Å². The van der Waals surface area contributed by atoms with Crippen LogP contribution in [0.4, 0.5) is 0 Å². The van der Waals surface area contributed by atoms with Crippen molar-refractivity contribution in [1.29, 1.82) is 0 Å². The van der Waals surface area contributed by atoms with Gasteiger partial charge in [0.25, 0.3) is 0 Å². The van der Waals surface area contributed by atoms with E-state index in [-0.39, 0.29) is 17.9 Å². The normalized spacial score (nSPS) is 12.0. The maximum absolute atomic E-state index is 13.3. The van der Waals surface area contributed by atoms with Gasteiger partial charge in [0.05, 0.1) is 5.75 Å². The van der Waals surface area contributed by atoms with Gasteiger partial charge >= 0.3 is 0 Å². The molecule has 4 nitrogen and oxygen atoms in total. The number of hydrogen-bond acceptors (Lipinski definition) is 3. The van der Waals surface area contributed by atoms with Crippen molar-refractivity contribution in [2.45, 2.75) is 72.3 Å². The third-order valence-corrected chi connectivity index (χ3v) is 6.05. The van der Waals surface area contributed by atoms with Crippen LogP contribution in [0.3, 0.4) is 0 Å². The minimum absolute atomic E-state index is 0.000654. The monoisotopic (exact) mass is 440 g/mol. The molecule has 5 heteroatoms. The van der Waals surface area contributed by atoms with Crippen molar-refractivity contribution >= 4 is 23.6 Å². The zero-order chi connectivity index (χ0) is 23.0. The standard InChI is InChI=1S/C26H36N2O2S/c1-7-24(26(30)27-18(2)3)28(15-22-10-8-19(4)9-11-22)25(29)17-31-16-23-13-20(5)12-21(6)14-23/h8-14,18,24H,7,15-17H2,1-6H3,(H,27,30). The van der Waals surface area contributed by atoms with Crippen LogP contribution in [0.2, 0.25) is 0 Å². The lowest BCUT2D eigenvalue weighted by atomic mass is 10.1. The van der Waals surface area contributed by atoms with Crippen LogP contribution >= 0.6 is 11.8 Å². The molecular weight excluding hydrogens is 404 g/mol. The lowest BCUT2D eigenvalue weighted by Gasteiger charge is -2.31. The summed E-state index contributed by atoms with van der Waals surface area (Å²) in [7, 11) is 0. The first-order chi connectivity index (χ1) is 14.7. The van der Waals surface area contributed by atoms with E-state index in [1.165, 1.54) is 22.3 Å². The van der Waals surface area contributed by atoms with Gasteiger partial charge in [-0.3, -0.25) is 9.59 Å². The lowest BCUT2D eigenvalue weighted by molar-refractivity contribution is -0.139. The Hall–Kier alpha value is -2.27. The fourth-order valence-corrected chi connectivity index (χ4v) is 4.53. The second kappa shape index (κ2) is 11.9. The summed E-state index contributed by atoms with van der Waals surface area (Å²) in [5.41, 5.74) is 5.91. The topological polar surface area (TPSA) is 49.4 Å². The summed E-state index contributed by atoms with van der Waals surface area (Å²) in [5, 5.41) is 2.98. The first-order valence-electron chi connectivity index (χ1n) is 11.0. The van der Waals surface area contributed by atoms with Crippen LogP contribution in [0, 0.1) is 20.8 Å². The smallest absolute Gasteiger partial charge is 0.243 e. The van der Waals surface area contributed by atoms with Crippen molar-refractivity contribution in [2.75, 3.05) is 5.75 Å². The summed E-state index contributed by atoms with van der Waals surface area (Å²) in [5.74, 6) is 1.05. The number of carbonyl (C=O) groups is 2. The average Bonchev–Trinajstić information content (AvgIpc) is 2.68. The van der Waals surface area contributed by atoms with Gasteiger partial charge in [0, 0.05) is 18.3 Å². The zero-order valence-electron chi connectivity index (χ0n) is 19.7. The fraction of sp³-hybridized carbons (Fsp3) is 0.462. The molecule has 2 aromatic rings. The minimum Gasteiger partial charge on any atom is -0.352 e. The predicted molar refractivity (Wildman–Crippen MR) is 131 cm³/mol. The molecule has 1 N–H and O–H groups in total. The maximum Gasteiger partial charge on any atom is 0.243 e. The summed E-state index contributed by atoms with van der Waals surface area (Å²) in [6.07, 6.45) is 0.581. The van der Waals surface area contributed by atoms with Crippen molar-refractivity contribution in [3.63, 3.8) is 0 Å². The van der Waals surface area contributed by atoms with Crippen LogP contribution in [0.1, 0.15) is 55.0 Å². The SMILES string of the molecule is CCC(C(=O)NC(C)C)N(Cc1ccc(C)cc1)C(=O)CSCc1cc(C)cc(C)c1. The van der Waals surface area contributed by atoms with Crippen molar-refractivity contribution in [3.05, 3.63) is 70.3 Å². The van der Waals surface area contributed by atoms with Gasteiger partial charge in [0.1, 0.15) is 6.04 Å². The number of carbonyl (C=O) groups excluding carboxylic acids is 2. The first-order valence-corrected chi connectivity index (χ1v) is 12.1. The van der Waals surface area contributed by atoms with Crippen molar-refractivity contribution < 1.29 is 9.59 Å². The van der Waals surface area contributed by atoms with E-state index in [2.05, 4.69) is 37.4 Å². The van der Waals surface area contributed by atoms with Gasteiger partial charge in [-0.05, 0) is 52.2 Å². The molecular formula is C26H36N2O2S. The van der Waals surface area contributed by atoms with Crippen LogP contribution in [-0.2, 0) is 21.9 Å². The van der Waals surface area contributed by atoms with Crippen molar-refractivity contribution in [2.24, 2.45) is 0 Å². The molecule has 0 aliphatic carbocycles. The lowest BCUT2D eigenvalue weighted by Crippen LogP contribution is -2.50. The Balaban J connectivity index is 2.13. The maximum atomic E-state index is 13.3. The number of thioether (sulfide) groups is 1. The van der Waals surface area contributed by atoms with Crippen LogP contribution < -0.4 is 5.32 Å². The summed E-state index contributed by atoms with van der Waals surface area (Å²) in [6, 6.07) is 14.2. The van der Waals surface area contributed by atoms with E-state index in [4.69, 9.17) is 0 Å². The zero-order valence-corrected chi connectivity index (χ0v) is 20.5. The summed E-state index contributed by atoms with van der Waals surface area (Å²) < 4.78 is 0. The fourth-order valence-electron chi connectivity index (χ4n) is 3.68. The molecule has 0 fully saturated rings. The van der Waals surface area contributed by atoms with E-state index >= 15 is 0 Å². The molecule has 0 saturated carbocycles. The molecule has 0 radical (unpaired) electrons. The third-order valence-electron chi connectivity index (χ3n) is 5.07. The average molecular weight is 441 g/mol. The van der Waals surface area contributed by atoms with Gasteiger partial charge in [0.2, 0.25) is 11.8 Å². The Morgan fingerprint density at radius 2 is 1.55 bits per heavy atom. The quantitative estimate of drug-likeness (QED) is 0.554. The molecule has 0 heterocycles. The van der Waals surface area contributed by atoms with Crippen molar-refractivity contribution in [1.82, 2.24) is 10.2 Å². The molecule has 0 spiro atoms. The largest absolute Gasteiger partial charge is 0.352 e. The molecule has 2 amide bonds. The molecule has 0 aromatic heterocycles. The molecule has 0 saturated heterocycles. The highest BCUT2D eigenvalue weighted by atomic mass is 32.2. The minimum atomic E-state index is -0.474. The van der Waals surface area contributed by atoms with Crippen molar-refractivity contribution in [3.8, 4) is 0 Å². The highest BCUT2D eigenvalue weighted by Gasteiger charge is 2.28. The summed E-state index contributed by atoms with van der Waals surface area (Å²) >= 11 is 1.60. The number of rotatable bonds is 10. The number of amides is 2. The number of benzene rings is 2. The predicted octanol–water partition coefficient (Wildman–Crippen LogP) is 5.18. The summed E-state index contributed by atoms with van der Waals surface area (Å²) in [4.78, 5) is 27.8. The first kappa shape index (κ1) is 25.0. The van der Waals surface area contributed by atoms with Gasteiger partial charge in [0.15, 0.2) is 0 Å². The number of nitrogens with zero attached hydrogens (tertiary/aromatic N) is 1. The Kier molecular flexibility index (Phi) is 9.63. The van der Waals surface area contributed by atoms with E-state index in [0.29, 0.717) is 18.7 Å². The van der Waals surface area contributed by atoms with Gasteiger partial charge in [-0.1, -0.05) is 66.1 Å². The van der Waals surface area contributed by atoms with Crippen LogP contribution in [0.5, 0.6) is 0 Å². The number of aryl methyl sites for hydroxylation is 3. The Labute approximate surface area is 191 Å². The Morgan fingerprint density at radius 3 is 2.10 bits per heavy atom. The van der Waals surface area contributed by atoms with E-state index in [1.54, 1.807) is 16.7 Å². The van der Waals surface area contributed by atoms with Gasteiger partial charge in [-0.15, -0.1) is 11.8 Å². The van der Waals surface area contributed by atoms with E-state index in [0.717, 1.165) is 11.3 Å². The van der Waals surface area contributed by atoms with Gasteiger partial charge < -0.3 is 10.2 Å². The molecule has 168 valence electrons. The molecule has 2 aromatic carbocycles. The van der Waals surface area contributed by atoms with E-state index < -0.39 is 6.04 Å². The number of hydrogen-bond donors (Lipinski definition) is 1. The summed E-state index contributed by atoms with van der Waals surface area (Å²) in [6.45, 7) is 12.5. The molecule has 2 rings (SSSR count). The van der Waals surface area contributed by atoms with Crippen LogP contribution in [-0.4, -0.2) is 34.6 Å². The highest BCUT2D eigenvalue weighted by Crippen LogP contribution is 2.19. The molecule has 0 aliphatic heterocycles. The second-order valence-corrected chi connectivity index (χ2v) is 9.57. The third kappa shape index (κ3) is 8.06. The van der Waals surface area contributed by atoms with Crippen LogP contribution in [0.25, 0.3) is 0 Å². The molecule has 0 aliphatic rings. The number of nitrogens with one attached hydrogen (secondary N) is 1. The molecule has 1 atom stereocenters. The molecule has 0 bridgehead atoms. The van der Waals surface area contributed by atoms with Gasteiger partial charge in [-0.25, -0.2) is 0 Å². The van der Waals surface area contributed by atoms with E-state index in [9.17, 15) is 9.59 Å².